The Hall–Kier alpha value is -1.64. The van der Waals surface area contributed by atoms with Gasteiger partial charge in [-0.25, -0.2) is 13.4 Å². The van der Waals surface area contributed by atoms with Crippen molar-refractivity contribution in [3.05, 3.63) is 30.1 Å². The Bertz CT molecular complexity index is 842. The van der Waals surface area contributed by atoms with Crippen molar-refractivity contribution in [2.24, 2.45) is 5.73 Å². The molecule has 1 amide bonds. The van der Waals surface area contributed by atoms with Gasteiger partial charge in [-0.15, -0.1) is 12.4 Å². The average Bonchev–Trinajstić information content (AvgIpc) is 2.89. The Labute approximate surface area is 147 Å². The first-order valence-corrected chi connectivity index (χ1v) is 9.49. The van der Waals surface area contributed by atoms with Crippen LogP contribution in [0.5, 0.6) is 0 Å². The maximum atomic E-state index is 12.5. The number of fused-ring (bicyclic) bond motifs is 1. The number of nitrogens with two attached hydrogens (primary N) is 1. The van der Waals surface area contributed by atoms with E-state index in [1.807, 2.05) is 0 Å². The summed E-state index contributed by atoms with van der Waals surface area (Å²) in [6.45, 7) is 0. The monoisotopic (exact) mass is 372 g/mol. The van der Waals surface area contributed by atoms with Gasteiger partial charge in [-0.3, -0.25) is 9.20 Å². The van der Waals surface area contributed by atoms with Crippen molar-refractivity contribution in [1.82, 2.24) is 14.7 Å². The molecule has 0 bridgehead atoms. The van der Waals surface area contributed by atoms with E-state index in [1.165, 1.54) is 4.40 Å². The highest BCUT2D eigenvalue weighted by atomic mass is 35.5. The Morgan fingerprint density at radius 2 is 1.96 bits per heavy atom. The van der Waals surface area contributed by atoms with E-state index in [1.54, 1.807) is 24.4 Å². The molecule has 1 aliphatic rings. The molecule has 0 saturated heterocycles. The summed E-state index contributed by atoms with van der Waals surface area (Å²) in [4.78, 5) is 16.6. The van der Waals surface area contributed by atoms with E-state index in [9.17, 15) is 13.2 Å². The molecule has 0 aliphatic heterocycles. The lowest BCUT2D eigenvalue weighted by molar-refractivity contribution is 0.0922. The molecule has 0 spiro atoms. The van der Waals surface area contributed by atoms with Crippen molar-refractivity contribution in [1.29, 1.82) is 0 Å². The molecule has 2 aromatic heterocycles. The highest BCUT2D eigenvalue weighted by molar-refractivity contribution is 7.90. The average molecular weight is 373 g/mol. The number of carbonyl (C=O) groups is 1. The molecule has 7 nitrogen and oxygen atoms in total. The number of nitrogens with one attached hydrogen (secondary N) is 1. The van der Waals surface area contributed by atoms with Gasteiger partial charge in [0.15, 0.2) is 5.69 Å². The molecule has 0 atom stereocenters. The summed E-state index contributed by atoms with van der Waals surface area (Å²) in [5.41, 5.74) is 6.49. The summed E-state index contributed by atoms with van der Waals surface area (Å²) < 4.78 is 25.2. The van der Waals surface area contributed by atoms with Gasteiger partial charge in [-0.05, 0) is 37.8 Å². The molecule has 1 fully saturated rings. The lowest BCUT2D eigenvalue weighted by Crippen LogP contribution is -2.40. The van der Waals surface area contributed by atoms with E-state index < -0.39 is 9.84 Å². The fourth-order valence-electron chi connectivity index (χ4n) is 2.96. The van der Waals surface area contributed by atoms with Crippen LogP contribution in [0.2, 0.25) is 0 Å². The predicted molar refractivity (Wildman–Crippen MR) is 93.2 cm³/mol. The van der Waals surface area contributed by atoms with Crippen LogP contribution >= 0.6 is 12.4 Å². The number of pyridine rings is 1. The number of sulfone groups is 1. The molecule has 3 N–H and O–H groups in total. The van der Waals surface area contributed by atoms with Gasteiger partial charge in [-0.1, -0.05) is 6.07 Å². The summed E-state index contributed by atoms with van der Waals surface area (Å²) >= 11 is 0. The second kappa shape index (κ2) is 7.08. The normalized spacial score (nSPS) is 21.2. The highest BCUT2D eigenvalue weighted by Crippen LogP contribution is 2.20. The molecule has 0 radical (unpaired) electrons. The number of carbonyl (C=O) groups excluding carboxylic acids is 1. The zero-order valence-electron chi connectivity index (χ0n) is 13.3. The molecule has 2 heterocycles. The third kappa shape index (κ3) is 3.71. The maximum absolute atomic E-state index is 12.5. The largest absolute Gasteiger partial charge is 0.348 e. The number of halogens is 1. The topological polar surface area (TPSA) is 107 Å². The SMILES string of the molecule is CS(=O)(=O)c1nc(C(=O)NC2CCC(N)CC2)c2ccccn12.Cl. The molecule has 1 saturated carbocycles. The minimum Gasteiger partial charge on any atom is -0.348 e. The molecule has 1 aliphatic carbocycles. The fourth-order valence-corrected chi connectivity index (χ4v) is 3.73. The number of aromatic nitrogens is 2. The molecule has 2 aromatic rings. The first-order valence-electron chi connectivity index (χ1n) is 7.60. The minimum absolute atomic E-state index is 0. The quantitative estimate of drug-likeness (QED) is 0.840. The summed E-state index contributed by atoms with van der Waals surface area (Å²) in [5.74, 6) is -0.343. The van der Waals surface area contributed by atoms with Crippen LogP contribution < -0.4 is 11.1 Å². The van der Waals surface area contributed by atoms with Crippen LogP contribution in [0.25, 0.3) is 5.52 Å². The van der Waals surface area contributed by atoms with E-state index in [0.717, 1.165) is 31.9 Å². The number of hydrogen-bond acceptors (Lipinski definition) is 5. The number of imidazole rings is 1. The van der Waals surface area contributed by atoms with Crippen molar-refractivity contribution in [3.63, 3.8) is 0 Å². The van der Waals surface area contributed by atoms with Gasteiger partial charge in [0.1, 0.15) is 0 Å². The van der Waals surface area contributed by atoms with E-state index in [4.69, 9.17) is 5.73 Å². The number of rotatable bonds is 3. The summed E-state index contributed by atoms with van der Waals surface area (Å²) in [6, 6.07) is 5.40. The number of amides is 1. The van der Waals surface area contributed by atoms with Gasteiger partial charge in [-0.2, -0.15) is 0 Å². The summed E-state index contributed by atoms with van der Waals surface area (Å²) in [6.07, 6.45) is 6.09. The van der Waals surface area contributed by atoms with Crippen LogP contribution in [0.3, 0.4) is 0 Å². The Morgan fingerprint density at radius 3 is 2.58 bits per heavy atom. The lowest BCUT2D eigenvalue weighted by atomic mass is 9.92. The second-order valence-electron chi connectivity index (χ2n) is 6.06. The van der Waals surface area contributed by atoms with Gasteiger partial charge in [0, 0.05) is 24.5 Å². The van der Waals surface area contributed by atoms with Gasteiger partial charge in [0.05, 0.1) is 5.52 Å². The standard InChI is InChI=1S/C15H20N4O3S.ClH/c1-23(21,22)15-18-13(12-4-2-3-9-19(12)15)14(20)17-11-7-5-10(16)6-8-11;/h2-4,9-11H,5-8,16H2,1H3,(H,17,20);1H. The maximum Gasteiger partial charge on any atom is 0.272 e. The predicted octanol–water partition coefficient (Wildman–Crippen LogP) is 1.16. The molecule has 0 aromatic carbocycles. The van der Waals surface area contributed by atoms with Crippen LogP contribution in [0.15, 0.2) is 29.6 Å². The van der Waals surface area contributed by atoms with Gasteiger partial charge >= 0.3 is 0 Å². The molecule has 0 unspecified atom stereocenters. The molecule has 9 heteroatoms. The molecular formula is C15H21ClN4O3S. The van der Waals surface area contributed by atoms with Crippen molar-refractivity contribution < 1.29 is 13.2 Å². The van der Waals surface area contributed by atoms with Gasteiger partial charge < -0.3 is 11.1 Å². The fraction of sp³-hybridized carbons (Fsp3) is 0.467. The summed E-state index contributed by atoms with van der Waals surface area (Å²) in [5, 5.41) is 2.83. The Balaban J connectivity index is 0.00000208. The molecule has 3 rings (SSSR count). The van der Waals surface area contributed by atoms with Crippen molar-refractivity contribution in [2.45, 2.75) is 42.9 Å². The Morgan fingerprint density at radius 1 is 1.29 bits per heavy atom. The summed E-state index contributed by atoms with van der Waals surface area (Å²) in [7, 11) is -3.53. The van der Waals surface area contributed by atoms with E-state index >= 15 is 0 Å². The van der Waals surface area contributed by atoms with Crippen LogP contribution in [-0.4, -0.2) is 42.0 Å². The van der Waals surface area contributed by atoms with E-state index in [0.29, 0.717) is 5.52 Å². The van der Waals surface area contributed by atoms with Gasteiger partial charge in [0.2, 0.25) is 15.0 Å². The third-order valence-corrected chi connectivity index (χ3v) is 5.12. The zero-order valence-corrected chi connectivity index (χ0v) is 14.9. The van der Waals surface area contributed by atoms with Crippen LogP contribution in [0, 0.1) is 0 Å². The molecule has 24 heavy (non-hydrogen) atoms. The number of nitrogens with zero attached hydrogens (tertiary/aromatic N) is 2. The van der Waals surface area contributed by atoms with Crippen molar-refractivity contribution >= 4 is 33.7 Å². The second-order valence-corrected chi connectivity index (χ2v) is 7.97. The van der Waals surface area contributed by atoms with Crippen molar-refractivity contribution in [2.75, 3.05) is 6.26 Å². The van der Waals surface area contributed by atoms with Crippen LogP contribution in [0.1, 0.15) is 36.2 Å². The van der Waals surface area contributed by atoms with E-state index in [2.05, 4.69) is 10.3 Å². The molecule has 132 valence electrons. The smallest absolute Gasteiger partial charge is 0.272 e. The Kier molecular flexibility index (Phi) is 5.52. The zero-order chi connectivity index (χ0) is 16.6. The van der Waals surface area contributed by atoms with E-state index in [-0.39, 0.29) is 41.2 Å². The highest BCUT2D eigenvalue weighted by Gasteiger charge is 2.25. The van der Waals surface area contributed by atoms with Crippen LogP contribution in [-0.2, 0) is 9.84 Å². The van der Waals surface area contributed by atoms with Gasteiger partial charge in [0.25, 0.3) is 5.91 Å². The lowest BCUT2D eigenvalue weighted by Gasteiger charge is -2.26. The third-order valence-electron chi connectivity index (χ3n) is 4.17. The minimum atomic E-state index is -3.53. The van der Waals surface area contributed by atoms with Crippen LogP contribution in [0.4, 0.5) is 0 Å². The number of hydrogen-bond donors (Lipinski definition) is 2. The molecular weight excluding hydrogens is 352 g/mol. The van der Waals surface area contributed by atoms with Crippen molar-refractivity contribution in [3.8, 4) is 0 Å². The first-order chi connectivity index (χ1) is 10.9. The first kappa shape index (κ1) is 18.7.